The van der Waals surface area contributed by atoms with Gasteiger partial charge in [0.25, 0.3) is 5.91 Å². The second-order valence-corrected chi connectivity index (χ2v) is 4.68. The molecular weight excluding hydrogens is 345 g/mol. The van der Waals surface area contributed by atoms with Crippen molar-refractivity contribution in [3.8, 4) is 0 Å². The molecule has 13 heavy (non-hydrogen) atoms. The van der Waals surface area contributed by atoms with Crippen molar-refractivity contribution in [3.63, 3.8) is 0 Å². The fraction of sp³-hybridized carbons (Fsp3) is 0.222. The first kappa shape index (κ1) is 11.0. The third-order valence-corrected chi connectivity index (χ3v) is 2.54. The Labute approximate surface area is 99.4 Å². The van der Waals surface area contributed by atoms with E-state index in [4.69, 9.17) is 0 Å². The van der Waals surface area contributed by atoms with Crippen molar-refractivity contribution in [2.45, 2.75) is 6.92 Å². The largest absolute Gasteiger partial charge is 0.352 e. The van der Waals surface area contributed by atoms with Gasteiger partial charge >= 0.3 is 0 Å². The summed E-state index contributed by atoms with van der Waals surface area (Å²) in [6, 6.07) is 5.63. The van der Waals surface area contributed by atoms with Gasteiger partial charge in [0.05, 0.1) is 0 Å². The molecule has 1 rings (SSSR count). The number of hydrogen-bond donors (Lipinski definition) is 1. The summed E-state index contributed by atoms with van der Waals surface area (Å²) in [5.41, 5.74) is 0.695. The number of benzene rings is 1. The lowest BCUT2D eigenvalue weighted by Gasteiger charge is -2.03. The molecule has 70 valence electrons. The lowest BCUT2D eigenvalue weighted by atomic mass is 10.2. The monoisotopic (exact) mass is 353 g/mol. The topological polar surface area (TPSA) is 29.1 Å². The minimum Gasteiger partial charge on any atom is -0.352 e. The standard InChI is InChI=1S/C9H9BrINO/c1-2-12-9(13)6-3-7(10)5-8(11)4-6/h3-5H,2H2,1H3,(H,12,13). The first-order valence-corrected chi connectivity index (χ1v) is 5.75. The molecule has 0 saturated carbocycles. The molecule has 0 aliphatic heterocycles. The molecule has 4 heteroatoms. The Hall–Kier alpha value is -0.100. The van der Waals surface area contributed by atoms with E-state index < -0.39 is 0 Å². The maximum Gasteiger partial charge on any atom is 0.251 e. The van der Waals surface area contributed by atoms with Crippen molar-refractivity contribution in [2.24, 2.45) is 0 Å². The fourth-order valence-electron chi connectivity index (χ4n) is 0.948. The van der Waals surface area contributed by atoms with Gasteiger partial charge in [0.15, 0.2) is 0 Å². The van der Waals surface area contributed by atoms with Crippen LogP contribution in [0.25, 0.3) is 0 Å². The molecule has 0 aliphatic carbocycles. The van der Waals surface area contributed by atoms with Crippen LogP contribution in [-0.4, -0.2) is 12.5 Å². The predicted octanol–water partition coefficient (Wildman–Crippen LogP) is 2.80. The van der Waals surface area contributed by atoms with E-state index in [-0.39, 0.29) is 5.91 Å². The van der Waals surface area contributed by atoms with Crippen LogP contribution >= 0.6 is 38.5 Å². The molecule has 1 amide bonds. The minimum absolute atomic E-state index is 0.0262. The Balaban J connectivity index is 2.94. The van der Waals surface area contributed by atoms with Gasteiger partial charge in [0, 0.05) is 20.2 Å². The Morgan fingerprint density at radius 3 is 2.77 bits per heavy atom. The van der Waals surface area contributed by atoms with Crippen LogP contribution in [-0.2, 0) is 0 Å². The van der Waals surface area contributed by atoms with E-state index in [2.05, 4.69) is 43.8 Å². The molecular formula is C9H9BrINO. The van der Waals surface area contributed by atoms with E-state index in [0.29, 0.717) is 12.1 Å². The van der Waals surface area contributed by atoms with E-state index >= 15 is 0 Å². The molecule has 1 N–H and O–H groups in total. The molecule has 1 aromatic carbocycles. The number of rotatable bonds is 2. The Morgan fingerprint density at radius 2 is 2.23 bits per heavy atom. The number of nitrogens with one attached hydrogen (secondary N) is 1. The summed E-state index contributed by atoms with van der Waals surface area (Å²) in [4.78, 5) is 11.4. The van der Waals surface area contributed by atoms with Gasteiger partial charge in [0.1, 0.15) is 0 Å². The third-order valence-electron chi connectivity index (χ3n) is 1.46. The summed E-state index contributed by atoms with van der Waals surface area (Å²) in [7, 11) is 0. The zero-order chi connectivity index (χ0) is 9.84. The number of halogens is 2. The van der Waals surface area contributed by atoms with Gasteiger partial charge in [-0.05, 0) is 47.7 Å². The van der Waals surface area contributed by atoms with Gasteiger partial charge in [-0.25, -0.2) is 0 Å². The lowest BCUT2D eigenvalue weighted by Crippen LogP contribution is -2.22. The highest BCUT2D eigenvalue weighted by molar-refractivity contribution is 14.1. The van der Waals surface area contributed by atoms with Crippen LogP contribution in [0.1, 0.15) is 17.3 Å². The van der Waals surface area contributed by atoms with Crippen LogP contribution in [0.15, 0.2) is 22.7 Å². The van der Waals surface area contributed by atoms with E-state index in [0.717, 1.165) is 8.04 Å². The van der Waals surface area contributed by atoms with Gasteiger partial charge in [-0.3, -0.25) is 4.79 Å². The highest BCUT2D eigenvalue weighted by Crippen LogP contribution is 2.17. The smallest absolute Gasteiger partial charge is 0.251 e. The van der Waals surface area contributed by atoms with E-state index in [9.17, 15) is 4.79 Å². The summed E-state index contributed by atoms with van der Waals surface area (Å²) in [5, 5.41) is 2.75. The molecule has 1 aromatic rings. The summed E-state index contributed by atoms with van der Waals surface area (Å²) in [6.45, 7) is 2.56. The van der Waals surface area contributed by atoms with Crippen molar-refractivity contribution in [1.29, 1.82) is 0 Å². The van der Waals surface area contributed by atoms with Gasteiger partial charge in [0.2, 0.25) is 0 Å². The fourth-order valence-corrected chi connectivity index (χ4v) is 2.54. The first-order valence-electron chi connectivity index (χ1n) is 3.87. The zero-order valence-electron chi connectivity index (χ0n) is 7.10. The second kappa shape index (κ2) is 4.95. The third kappa shape index (κ3) is 3.27. The number of carbonyl (C=O) groups is 1. The summed E-state index contributed by atoms with van der Waals surface area (Å²) in [5.74, 6) is -0.0262. The highest BCUT2D eigenvalue weighted by atomic mass is 127. The summed E-state index contributed by atoms with van der Waals surface area (Å²) < 4.78 is 1.98. The Morgan fingerprint density at radius 1 is 1.54 bits per heavy atom. The van der Waals surface area contributed by atoms with E-state index in [1.165, 1.54) is 0 Å². The molecule has 0 bridgehead atoms. The molecule has 0 saturated heterocycles. The van der Waals surface area contributed by atoms with Crippen molar-refractivity contribution in [3.05, 3.63) is 31.8 Å². The number of amides is 1. The number of hydrogen-bond acceptors (Lipinski definition) is 1. The molecule has 0 spiro atoms. The minimum atomic E-state index is -0.0262. The van der Waals surface area contributed by atoms with Gasteiger partial charge in [-0.1, -0.05) is 15.9 Å². The van der Waals surface area contributed by atoms with Crippen LogP contribution in [0.4, 0.5) is 0 Å². The van der Waals surface area contributed by atoms with Crippen molar-refractivity contribution in [2.75, 3.05) is 6.54 Å². The maximum atomic E-state index is 11.4. The predicted molar refractivity (Wildman–Crippen MR) is 64.9 cm³/mol. The van der Waals surface area contributed by atoms with Crippen LogP contribution in [0.2, 0.25) is 0 Å². The molecule has 2 nitrogen and oxygen atoms in total. The van der Waals surface area contributed by atoms with E-state index in [1.807, 2.05) is 25.1 Å². The van der Waals surface area contributed by atoms with Crippen LogP contribution in [0, 0.1) is 3.57 Å². The quantitative estimate of drug-likeness (QED) is 0.814. The lowest BCUT2D eigenvalue weighted by molar-refractivity contribution is 0.0955. The molecule has 0 radical (unpaired) electrons. The molecule has 0 heterocycles. The summed E-state index contributed by atoms with van der Waals surface area (Å²) in [6.07, 6.45) is 0. The SMILES string of the molecule is CCNC(=O)c1cc(Br)cc(I)c1. The first-order chi connectivity index (χ1) is 6.13. The van der Waals surface area contributed by atoms with Crippen molar-refractivity contribution < 1.29 is 4.79 Å². The van der Waals surface area contributed by atoms with Crippen molar-refractivity contribution in [1.82, 2.24) is 5.32 Å². The second-order valence-electron chi connectivity index (χ2n) is 2.52. The van der Waals surface area contributed by atoms with E-state index in [1.54, 1.807) is 0 Å². The van der Waals surface area contributed by atoms with Gasteiger partial charge in [-0.15, -0.1) is 0 Å². The van der Waals surface area contributed by atoms with Gasteiger partial charge < -0.3 is 5.32 Å². The van der Waals surface area contributed by atoms with Gasteiger partial charge in [-0.2, -0.15) is 0 Å². The molecule has 0 aromatic heterocycles. The Kier molecular flexibility index (Phi) is 4.18. The van der Waals surface area contributed by atoms with Crippen LogP contribution < -0.4 is 5.32 Å². The number of carbonyl (C=O) groups excluding carboxylic acids is 1. The normalized spacial score (nSPS) is 9.77. The molecule has 0 fully saturated rings. The highest BCUT2D eigenvalue weighted by Gasteiger charge is 2.05. The maximum absolute atomic E-state index is 11.4. The zero-order valence-corrected chi connectivity index (χ0v) is 10.8. The molecule has 0 aliphatic rings. The van der Waals surface area contributed by atoms with Crippen molar-refractivity contribution >= 4 is 44.4 Å². The van der Waals surface area contributed by atoms with Crippen LogP contribution in [0.5, 0.6) is 0 Å². The average Bonchev–Trinajstić information content (AvgIpc) is 2.03. The Bertz CT molecular complexity index is 307. The summed E-state index contributed by atoms with van der Waals surface area (Å²) >= 11 is 5.53. The van der Waals surface area contributed by atoms with Crippen LogP contribution in [0.3, 0.4) is 0 Å². The average molecular weight is 354 g/mol. The molecule has 0 atom stereocenters. The molecule has 0 unspecified atom stereocenters.